The molecule has 1 aromatic rings. The van der Waals surface area contributed by atoms with E-state index in [1.165, 1.54) is 0 Å². The fourth-order valence-electron chi connectivity index (χ4n) is 2.27. The van der Waals surface area contributed by atoms with Gasteiger partial charge in [-0.2, -0.15) is 0 Å². The Morgan fingerprint density at radius 2 is 2.31 bits per heavy atom. The molecule has 0 N–H and O–H groups in total. The van der Waals surface area contributed by atoms with E-state index < -0.39 is 0 Å². The second kappa shape index (κ2) is 3.40. The lowest BCUT2D eigenvalue weighted by molar-refractivity contribution is -0.142. The van der Waals surface area contributed by atoms with Crippen LogP contribution in [0.5, 0.6) is 11.5 Å². The zero-order valence-electron chi connectivity index (χ0n) is 8.93. The molecule has 0 bridgehead atoms. The Morgan fingerprint density at radius 1 is 1.44 bits per heavy atom. The number of esters is 1. The minimum Gasteiger partial charge on any atom is -0.497 e. The van der Waals surface area contributed by atoms with Crippen molar-refractivity contribution in [1.82, 2.24) is 0 Å². The number of benzene rings is 1. The molecule has 4 heteroatoms. The Labute approximate surface area is 93.1 Å². The van der Waals surface area contributed by atoms with E-state index in [0.29, 0.717) is 13.0 Å². The van der Waals surface area contributed by atoms with Gasteiger partial charge < -0.3 is 14.2 Å². The van der Waals surface area contributed by atoms with E-state index in [0.717, 1.165) is 17.1 Å². The molecule has 16 heavy (non-hydrogen) atoms. The van der Waals surface area contributed by atoms with Crippen molar-refractivity contribution in [2.45, 2.75) is 12.5 Å². The lowest BCUT2D eigenvalue weighted by Gasteiger charge is -2.26. The predicted octanol–water partition coefficient (Wildman–Crippen LogP) is 1.69. The summed E-state index contributed by atoms with van der Waals surface area (Å²) < 4.78 is 16.0. The van der Waals surface area contributed by atoms with E-state index >= 15 is 0 Å². The normalized spacial score (nSPS) is 26.4. The van der Waals surface area contributed by atoms with Crippen molar-refractivity contribution in [3.05, 3.63) is 23.8 Å². The van der Waals surface area contributed by atoms with Crippen LogP contribution in [0.15, 0.2) is 18.2 Å². The lowest BCUT2D eigenvalue weighted by Crippen LogP contribution is -2.22. The second-order valence-corrected chi connectivity index (χ2v) is 4.09. The topological polar surface area (TPSA) is 44.8 Å². The molecule has 0 saturated carbocycles. The molecule has 2 aliphatic heterocycles. The quantitative estimate of drug-likeness (QED) is 0.675. The third-order valence-electron chi connectivity index (χ3n) is 3.10. The maximum Gasteiger partial charge on any atom is 0.306 e. The zero-order valence-corrected chi connectivity index (χ0v) is 8.93. The molecule has 0 radical (unpaired) electrons. The first-order chi connectivity index (χ1) is 7.78. The first-order valence-corrected chi connectivity index (χ1v) is 5.28. The minimum absolute atomic E-state index is 0.137. The van der Waals surface area contributed by atoms with Crippen molar-refractivity contribution in [2.24, 2.45) is 5.92 Å². The molecule has 1 aromatic carbocycles. The molecule has 0 amide bonds. The van der Waals surface area contributed by atoms with Gasteiger partial charge in [0, 0.05) is 17.5 Å². The van der Waals surface area contributed by atoms with Crippen LogP contribution in [0, 0.1) is 5.92 Å². The lowest BCUT2D eigenvalue weighted by atomic mass is 9.93. The zero-order chi connectivity index (χ0) is 11.1. The van der Waals surface area contributed by atoms with Gasteiger partial charge in [0.05, 0.1) is 20.1 Å². The highest BCUT2D eigenvalue weighted by atomic mass is 16.6. The fraction of sp³-hybridized carbons (Fsp3) is 0.417. The van der Waals surface area contributed by atoms with Crippen LogP contribution < -0.4 is 9.47 Å². The summed E-state index contributed by atoms with van der Waals surface area (Å²) in [6.07, 6.45) is 0.318. The van der Waals surface area contributed by atoms with E-state index in [4.69, 9.17) is 14.2 Å². The van der Waals surface area contributed by atoms with Crippen LogP contribution in [-0.2, 0) is 9.53 Å². The standard InChI is InChI=1S/C12H12O4/c1-14-8-2-3-9-10(5-8)15-6-7-4-11(13)16-12(7)9/h2-3,5,7,12H,4,6H2,1H3. The molecule has 3 rings (SSSR count). The maximum absolute atomic E-state index is 11.2. The smallest absolute Gasteiger partial charge is 0.306 e. The average Bonchev–Trinajstić information content (AvgIpc) is 2.69. The fourth-order valence-corrected chi connectivity index (χ4v) is 2.27. The second-order valence-electron chi connectivity index (χ2n) is 4.09. The van der Waals surface area contributed by atoms with Gasteiger partial charge in [0.15, 0.2) is 0 Å². The summed E-state index contributed by atoms with van der Waals surface area (Å²) in [6.45, 7) is 0.538. The number of carbonyl (C=O) groups is 1. The summed E-state index contributed by atoms with van der Waals surface area (Å²) in [5, 5.41) is 0. The first-order valence-electron chi connectivity index (χ1n) is 5.28. The third kappa shape index (κ3) is 1.33. The number of fused-ring (bicyclic) bond motifs is 3. The molecule has 1 saturated heterocycles. The summed E-state index contributed by atoms with van der Waals surface area (Å²) in [6, 6.07) is 5.60. The van der Waals surface area contributed by atoms with E-state index in [-0.39, 0.29) is 18.0 Å². The molecular formula is C12H12O4. The Bertz CT molecular complexity index is 441. The summed E-state index contributed by atoms with van der Waals surface area (Å²) in [5.41, 5.74) is 0.947. The Morgan fingerprint density at radius 3 is 3.12 bits per heavy atom. The molecular weight excluding hydrogens is 208 g/mol. The minimum atomic E-state index is -0.137. The summed E-state index contributed by atoms with van der Waals surface area (Å²) in [5.74, 6) is 1.53. The van der Waals surface area contributed by atoms with E-state index in [9.17, 15) is 4.79 Å². The number of hydrogen-bond acceptors (Lipinski definition) is 4. The molecule has 84 valence electrons. The predicted molar refractivity (Wildman–Crippen MR) is 55.4 cm³/mol. The molecule has 2 atom stereocenters. The van der Waals surface area contributed by atoms with E-state index in [1.54, 1.807) is 7.11 Å². The van der Waals surface area contributed by atoms with Gasteiger partial charge in [0.1, 0.15) is 17.6 Å². The largest absolute Gasteiger partial charge is 0.497 e. The highest BCUT2D eigenvalue weighted by Crippen LogP contribution is 2.44. The van der Waals surface area contributed by atoms with Crippen molar-refractivity contribution in [1.29, 1.82) is 0 Å². The summed E-state index contributed by atoms with van der Waals surface area (Å²) >= 11 is 0. The van der Waals surface area contributed by atoms with Gasteiger partial charge in [-0.05, 0) is 12.1 Å². The molecule has 0 aromatic heterocycles. The van der Waals surface area contributed by atoms with Crippen molar-refractivity contribution in [3.8, 4) is 11.5 Å². The Balaban J connectivity index is 2.00. The SMILES string of the molecule is COc1ccc2c(c1)OCC1CC(=O)OC21. The van der Waals surface area contributed by atoms with Crippen LogP contribution in [0.4, 0.5) is 0 Å². The van der Waals surface area contributed by atoms with Gasteiger partial charge in [0.2, 0.25) is 0 Å². The highest BCUT2D eigenvalue weighted by Gasteiger charge is 2.40. The van der Waals surface area contributed by atoms with Crippen LogP contribution in [0.2, 0.25) is 0 Å². The third-order valence-corrected chi connectivity index (χ3v) is 3.10. The van der Waals surface area contributed by atoms with Gasteiger partial charge in [-0.1, -0.05) is 0 Å². The monoisotopic (exact) mass is 220 g/mol. The molecule has 2 heterocycles. The van der Waals surface area contributed by atoms with Crippen LogP contribution >= 0.6 is 0 Å². The van der Waals surface area contributed by atoms with Crippen molar-refractivity contribution < 1.29 is 19.0 Å². The number of methoxy groups -OCH3 is 1. The van der Waals surface area contributed by atoms with Gasteiger partial charge >= 0.3 is 5.97 Å². The number of carbonyl (C=O) groups excluding carboxylic acids is 1. The van der Waals surface area contributed by atoms with Crippen LogP contribution in [0.25, 0.3) is 0 Å². The summed E-state index contributed by atoms with van der Waals surface area (Å²) in [7, 11) is 1.61. The molecule has 2 unspecified atom stereocenters. The van der Waals surface area contributed by atoms with Crippen LogP contribution in [0.1, 0.15) is 18.1 Å². The maximum atomic E-state index is 11.2. The molecule has 4 nitrogen and oxygen atoms in total. The van der Waals surface area contributed by atoms with Gasteiger partial charge in [-0.25, -0.2) is 0 Å². The van der Waals surface area contributed by atoms with E-state index in [2.05, 4.69) is 0 Å². The molecule has 1 fully saturated rings. The van der Waals surface area contributed by atoms with Crippen LogP contribution in [0.3, 0.4) is 0 Å². The van der Waals surface area contributed by atoms with Gasteiger partial charge in [0.25, 0.3) is 0 Å². The van der Waals surface area contributed by atoms with Crippen molar-refractivity contribution in [3.63, 3.8) is 0 Å². The highest BCUT2D eigenvalue weighted by molar-refractivity contribution is 5.73. The molecule has 0 spiro atoms. The van der Waals surface area contributed by atoms with Gasteiger partial charge in [-0.15, -0.1) is 0 Å². The molecule has 0 aliphatic carbocycles. The Kier molecular flexibility index (Phi) is 2.02. The average molecular weight is 220 g/mol. The Hall–Kier alpha value is -1.71. The number of ether oxygens (including phenoxy) is 3. The number of rotatable bonds is 1. The first kappa shape index (κ1) is 9.51. The van der Waals surface area contributed by atoms with Crippen LogP contribution in [-0.4, -0.2) is 19.7 Å². The van der Waals surface area contributed by atoms with Crippen molar-refractivity contribution in [2.75, 3.05) is 13.7 Å². The van der Waals surface area contributed by atoms with E-state index in [1.807, 2.05) is 18.2 Å². The summed E-state index contributed by atoms with van der Waals surface area (Å²) in [4.78, 5) is 11.2. The van der Waals surface area contributed by atoms with Gasteiger partial charge in [-0.3, -0.25) is 4.79 Å². The number of hydrogen-bond donors (Lipinski definition) is 0. The van der Waals surface area contributed by atoms with Crippen molar-refractivity contribution >= 4 is 5.97 Å². The molecule has 2 aliphatic rings.